The molecule has 0 radical (unpaired) electrons. The van der Waals surface area contributed by atoms with Gasteiger partial charge >= 0.3 is 6.03 Å². The fourth-order valence-corrected chi connectivity index (χ4v) is 2.84. The molecule has 1 heterocycles. The van der Waals surface area contributed by atoms with Crippen molar-refractivity contribution in [1.82, 2.24) is 5.32 Å². The van der Waals surface area contributed by atoms with Gasteiger partial charge in [0.1, 0.15) is 5.70 Å². The summed E-state index contributed by atoms with van der Waals surface area (Å²) >= 11 is 5.86. The maximum Gasteiger partial charge on any atom is 0.333 e. The van der Waals surface area contributed by atoms with Crippen molar-refractivity contribution < 1.29 is 23.8 Å². The second kappa shape index (κ2) is 7.59. The topological polar surface area (TPSA) is 77.1 Å². The molecule has 0 spiro atoms. The zero-order valence-electron chi connectivity index (χ0n) is 14.9. The number of carbonyl (C=O) groups is 2. The van der Waals surface area contributed by atoms with E-state index < -0.39 is 11.9 Å². The van der Waals surface area contributed by atoms with E-state index in [1.165, 1.54) is 21.3 Å². The number of hydrogen-bond donors (Lipinski definition) is 1. The number of methoxy groups -OCH3 is 3. The number of hydrogen-bond acceptors (Lipinski definition) is 5. The summed E-state index contributed by atoms with van der Waals surface area (Å²) in [5.74, 6) is 0.841. The van der Waals surface area contributed by atoms with Gasteiger partial charge in [0, 0.05) is 5.02 Å². The highest BCUT2D eigenvalue weighted by molar-refractivity contribution is 6.31. The van der Waals surface area contributed by atoms with Crippen molar-refractivity contribution in [1.29, 1.82) is 0 Å². The van der Waals surface area contributed by atoms with Crippen molar-refractivity contribution in [2.24, 2.45) is 0 Å². The Morgan fingerprint density at radius 2 is 1.56 bits per heavy atom. The van der Waals surface area contributed by atoms with Gasteiger partial charge in [-0.25, -0.2) is 9.69 Å². The van der Waals surface area contributed by atoms with E-state index >= 15 is 0 Å². The maximum atomic E-state index is 12.7. The molecule has 27 heavy (non-hydrogen) atoms. The highest BCUT2D eigenvalue weighted by Crippen LogP contribution is 2.39. The molecule has 0 saturated carbocycles. The van der Waals surface area contributed by atoms with E-state index in [0.29, 0.717) is 33.5 Å². The third kappa shape index (κ3) is 3.54. The van der Waals surface area contributed by atoms with Gasteiger partial charge in [-0.2, -0.15) is 0 Å². The van der Waals surface area contributed by atoms with Crippen molar-refractivity contribution in [2.45, 2.75) is 0 Å². The van der Waals surface area contributed by atoms with Gasteiger partial charge in [-0.15, -0.1) is 0 Å². The molecule has 1 saturated heterocycles. The third-order valence-corrected chi connectivity index (χ3v) is 4.21. The molecule has 0 aliphatic carbocycles. The largest absolute Gasteiger partial charge is 0.493 e. The summed E-state index contributed by atoms with van der Waals surface area (Å²) in [7, 11) is 4.50. The summed E-state index contributed by atoms with van der Waals surface area (Å²) in [5.41, 5.74) is 1.16. The van der Waals surface area contributed by atoms with Gasteiger partial charge in [0.2, 0.25) is 5.75 Å². The van der Waals surface area contributed by atoms with Gasteiger partial charge in [-0.05, 0) is 48.0 Å². The molecule has 0 aromatic heterocycles. The molecule has 1 aliphatic rings. The number of carbonyl (C=O) groups excluding carboxylic acids is 2. The minimum absolute atomic E-state index is 0.129. The Labute approximate surface area is 161 Å². The number of ether oxygens (including phenoxy) is 3. The standard InChI is InChI=1S/C19H17ClN2O5/c1-25-15-9-11(10-16(26-2)17(15)27-3)8-14-18(23)22(19(24)21-14)13-6-4-12(20)5-7-13/h4-10H,1-3H3,(H,21,24)/b14-8+. The van der Waals surface area contributed by atoms with Crippen molar-refractivity contribution in [3.05, 3.63) is 52.7 Å². The van der Waals surface area contributed by atoms with E-state index in [-0.39, 0.29) is 5.70 Å². The van der Waals surface area contributed by atoms with Crippen molar-refractivity contribution in [2.75, 3.05) is 26.2 Å². The molecule has 2 aromatic rings. The fraction of sp³-hybridized carbons (Fsp3) is 0.158. The molecule has 140 valence electrons. The Morgan fingerprint density at radius 3 is 2.07 bits per heavy atom. The normalized spacial score (nSPS) is 15.1. The average molecular weight is 389 g/mol. The van der Waals surface area contributed by atoms with Crippen LogP contribution in [-0.2, 0) is 4.79 Å². The Morgan fingerprint density at radius 1 is 0.963 bits per heavy atom. The minimum atomic E-state index is -0.541. The number of imide groups is 1. The summed E-state index contributed by atoms with van der Waals surface area (Å²) in [4.78, 5) is 26.0. The molecular weight excluding hydrogens is 372 g/mol. The van der Waals surface area contributed by atoms with Gasteiger partial charge in [-0.1, -0.05) is 11.6 Å². The Bertz CT molecular complexity index is 899. The molecule has 0 unspecified atom stereocenters. The number of anilines is 1. The lowest BCUT2D eigenvalue weighted by Gasteiger charge is -2.13. The van der Waals surface area contributed by atoms with Crippen LogP contribution < -0.4 is 24.4 Å². The molecule has 1 N–H and O–H groups in total. The number of urea groups is 1. The Kier molecular flexibility index (Phi) is 5.23. The summed E-state index contributed by atoms with van der Waals surface area (Å²) in [5, 5.41) is 3.08. The lowest BCUT2D eigenvalue weighted by Crippen LogP contribution is -2.30. The maximum absolute atomic E-state index is 12.7. The second-order valence-corrected chi connectivity index (χ2v) is 6.00. The first-order valence-corrected chi connectivity index (χ1v) is 8.29. The summed E-state index contributed by atoms with van der Waals surface area (Å²) in [6.07, 6.45) is 1.54. The number of amides is 3. The predicted molar refractivity (Wildman–Crippen MR) is 102 cm³/mol. The molecule has 1 fully saturated rings. The highest BCUT2D eigenvalue weighted by atomic mass is 35.5. The van der Waals surface area contributed by atoms with Crippen LogP contribution in [0.4, 0.5) is 10.5 Å². The molecule has 1 aliphatic heterocycles. The van der Waals surface area contributed by atoms with E-state index in [9.17, 15) is 9.59 Å². The average Bonchev–Trinajstić information content (AvgIpc) is 2.95. The van der Waals surface area contributed by atoms with Crippen molar-refractivity contribution >= 4 is 35.3 Å². The van der Waals surface area contributed by atoms with E-state index in [1.54, 1.807) is 42.5 Å². The second-order valence-electron chi connectivity index (χ2n) is 5.56. The monoisotopic (exact) mass is 388 g/mol. The summed E-state index contributed by atoms with van der Waals surface area (Å²) < 4.78 is 15.9. The van der Waals surface area contributed by atoms with E-state index in [0.717, 1.165) is 4.90 Å². The summed E-state index contributed by atoms with van der Waals surface area (Å²) in [6.45, 7) is 0. The molecule has 8 heteroatoms. The smallest absolute Gasteiger partial charge is 0.333 e. The highest BCUT2D eigenvalue weighted by Gasteiger charge is 2.34. The van der Waals surface area contributed by atoms with E-state index in [2.05, 4.69) is 5.32 Å². The number of nitrogens with zero attached hydrogens (tertiary/aromatic N) is 1. The van der Waals surface area contributed by atoms with Gasteiger partial charge in [0.15, 0.2) is 11.5 Å². The van der Waals surface area contributed by atoms with Gasteiger partial charge in [-0.3, -0.25) is 4.79 Å². The fourth-order valence-electron chi connectivity index (χ4n) is 2.71. The van der Waals surface area contributed by atoms with Crippen LogP contribution in [0.1, 0.15) is 5.56 Å². The molecule has 3 amide bonds. The SMILES string of the molecule is COc1cc(/C=C2/NC(=O)N(c3ccc(Cl)cc3)C2=O)cc(OC)c1OC. The van der Waals surface area contributed by atoms with Crippen LogP contribution in [0.15, 0.2) is 42.1 Å². The van der Waals surface area contributed by atoms with Crippen LogP contribution >= 0.6 is 11.6 Å². The van der Waals surface area contributed by atoms with Gasteiger partial charge < -0.3 is 19.5 Å². The van der Waals surface area contributed by atoms with Crippen LogP contribution in [0.5, 0.6) is 17.2 Å². The van der Waals surface area contributed by atoms with Crippen LogP contribution in [0.2, 0.25) is 5.02 Å². The Balaban J connectivity index is 1.97. The van der Waals surface area contributed by atoms with Crippen LogP contribution in [0.3, 0.4) is 0 Å². The predicted octanol–water partition coefficient (Wildman–Crippen LogP) is 3.46. The third-order valence-electron chi connectivity index (χ3n) is 3.96. The van der Waals surface area contributed by atoms with E-state index in [1.807, 2.05) is 0 Å². The molecule has 2 aromatic carbocycles. The molecule has 3 rings (SSSR count). The number of benzene rings is 2. The summed E-state index contributed by atoms with van der Waals surface area (Å²) in [6, 6.07) is 9.24. The zero-order valence-corrected chi connectivity index (χ0v) is 15.7. The van der Waals surface area contributed by atoms with Crippen molar-refractivity contribution in [3.8, 4) is 17.2 Å². The van der Waals surface area contributed by atoms with Crippen LogP contribution in [0.25, 0.3) is 6.08 Å². The van der Waals surface area contributed by atoms with Crippen LogP contribution in [0, 0.1) is 0 Å². The Hall–Kier alpha value is -3.19. The first kappa shape index (κ1) is 18.6. The lowest BCUT2D eigenvalue weighted by atomic mass is 10.1. The number of rotatable bonds is 5. The first-order chi connectivity index (χ1) is 13.0. The van der Waals surface area contributed by atoms with Gasteiger partial charge in [0.05, 0.1) is 27.0 Å². The molecule has 0 atom stereocenters. The molecular formula is C19H17ClN2O5. The van der Waals surface area contributed by atoms with Crippen molar-refractivity contribution in [3.63, 3.8) is 0 Å². The molecule has 0 bridgehead atoms. The number of nitrogens with one attached hydrogen (secondary N) is 1. The van der Waals surface area contributed by atoms with Crippen LogP contribution in [-0.4, -0.2) is 33.3 Å². The first-order valence-electron chi connectivity index (χ1n) is 7.91. The van der Waals surface area contributed by atoms with E-state index in [4.69, 9.17) is 25.8 Å². The molecule has 7 nitrogen and oxygen atoms in total. The van der Waals surface area contributed by atoms with Gasteiger partial charge in [0.25, 0.3) is 5.91 Å². The minimum Gasteiger partial charge on any atom is -0.493 e. The zero-order chi connectivity index (χ0) is 19.6. The number of halogens is 1. The lowest BCUT2D eigenvalue weighted by molar-refractivity contribution is -0.113. The quantitative estimate of drug-likeness (QED) is 0.627.